The van der Waals surface area contributed by atoms with E-state index in [1.807, 2.05) is 54.7 Å². The molecule has 0 fully saturated rings. The van der Waals surface area contributed by atoms with Crippen molar-refractivity contribution in [3.63, 3.8) is 0 Å². The summed E-state index contributed by atoms with van der Waals surface area (Å²) >= 11 is 6.12. The quantitative estimate of drug-likeness (QED) is 0.585. The zero-order valence-electron chi connectivity index (χ0n) is 15.7. The van der Waals surface area contributed by atoms with E-state index in [1.165, 1.54) is 0 Å². The molecule has 1 aliphatic heterocycles. The Hall–Kier alpha value is -2.79. The molecule has 144 valence electrons. The Morgan fingerprint density at radius 3 is 2.82 bits per heavy atom. The van der Waals surface area contributed by atoms with Crippen LogP contribution in [0.15, 0.2) is 54.7 Å². The van der Waals surface area contributed by atoms with Gasteiger partial charge < -0.3 is 10.1 Å². The normalized spacial score (nSPS) is 15.8. The maximum Gasteiger partial charge on any atom is 0.226 e. The lowest BCUT2D eigenvalue weighted by molar-refractivity contribution is -0.116. The number of nitrogens with one attached hydrogen (secondary N) is 1. The Kier molecular flexibility index (Phi) is 5.35. The number of rotatable bonds is 6. The van der Waals surface area contributed by atoms with Crippen molar-refractivity contribution in [2.45, 2.75) is 32.1 Å². The van der Waals surface area contributed by atoms with Crippen LogP contribution in [-0.4, -0.2) is 22.3 Å². The van der Waals surface area contributed by atoms with Crippen LogP contribution in [-0.2, 0) is 4.79 Å². The van der Waals surface area contributed by atoms with Gasteiger partial charge in [-0.15, -0.1) is 0 Å². The lowest BCUT2D eigenvalue weighted by Gasteiger charge is -2.24. The van der Waals surface area contributed by atoms with Crippen molar-refractivity contribution in [1.82, 2.24) is 9.78 Å². The van der Waals surface area contributed by atoms with Gasteiger partial charge in [0.2, 0.25) is 5.91 Å². The molecule has 0 aliphatic carbocycles. The van der Waals surface area contributed by atoms with Crippen LogP contribution in [0, 0.1) is 0 Å². The summed E-state index contributed by atoms with van der Waals surface area (Å²) in [7, 11) is 0. The third-order valence-corrected chi connectivity index (χ3v) is 5.16. The van der Waals surface area contributed by atoms with Crippen LogP contribution in [0.1, 0.15) is 43.2 Å². The summed E-state index contributed by atoms with van der Waals surface area (Å²) in [5.41, 5.74) is 2.89. The second kappa shape index (κ2) is 8.07. The highest BCUT2D eigenvalue weighted by Gasteiger charge is 2.30. The van der Waals surface area contributed by atoms with Gasteiger partial charge in [-0.1, -0.05) is 43.1 Å². The predicted molar refractivity (Wildman–Crippen MR) is 111 cm³/mol. The fourth-order valence-corrected chi connectivity index (χ4v) is 3.64. The maximum atomic E-state index is 12.4. The minimum atomic E-state index is -0.0404. The summed E-state index contributed by atoms with van der Waals surface area (Å²) in [5.74, 6) is 1.49. The van der Waals surface area contributed by atoms with Crippen molar-refractivity contribution < 1.29 is 9.53 Å². The molecule has 2 heterocycles. The fourth-order valence-electron chi connectivity index (χ4n) is 3.45. The molecule has 1 aliphatic rings. The van der Waals surface area contributed by atoms with Gasteiger partial charge in [0.15, 0.2) is 0 Å². The Morgan fingerprint density at radius 2 is 2.07 bits per heavy atom. The predicted octanol–water partition coefficient (Wildman–Crippen LogP) is 5.18. The number of hydrogen-bond donors (Lipinski definition) is 1. The molecule has 0 saturated heterocycles. The van der Waals surface area contributed by atoms with Crippen LogP contribution < -0.4 is 10.1 Å². The van der Waals surface area contributed by atoms with Crippen LogP contribution in [0.5, 0.6) is 5.75 Å². The van der Waals surface area contributed by atoms with Gasteiger partial charge in [-0.25, -0.2) is 4.68 Å². The number of aromatic nitrogens is 2. The number of benzene rings is 2. The van der Waals surface area contributed by atoms with E-state index >= 15 is 0 Å². The Balaban J connectivity index is 1.63. The van der Waals surface area contributed by atoms with Crippen LogP contribution >= 0.6 is 11.6 Å². The highest BCUT2D eigenvalue weighted by Crippen LogP contribution is 2.38. The molecule has 2 aromatic carbocycles. The first-order chi connectivity index (χ1) is 13.7. The van der Waals surface area contributed by atoms with Gasteiger partial charge in [-0.2, -0.15) is 5.10 Å². The van der Waals surface area contributed by atoms with Gasteiger partial charge in [0, 0.05) is 22.9 Å². The van der Waals surface area contributed by atoms with E-state index < -0.39 is 0 Å². The summed E-state index contributed by atoms with van der Waals surface area (Å²) in [6, 6.07) is 15.4. The highest BCUT2D eigenvalue weighted by atomic mass is 35.5. The SMILES string of the molecule is CCCCOc1ccc([C@H]2CC(=O)Nc3c2cnn3-c2cccc(Cl)c2)cc1. The lowest BCUT2D eigenvalue weighted by Crippen LogP contribution is -2.24. The summed E-state index contributed by atoms with van der Waals surface area (Å²) in [6.07, 6.45) is 4.36. The number of ether oxygens (including phenoxy) is 1. The standard InChI is InChI=1S/C22H22ClN3O2/c1-2-3-11-28-18-9-7-15(8-10-18)19-13-21(27)25-22-20(19)14-24-26(22)17-6-4-5-16(23)12-17/h4-10,12,14,19H,2-3,11,13H2,1H3,(H,25,27)/t19-/m1/s1. The van der Waals surface area contributed by atoms with E-state index in [1.54, 1.807) is 4.68 Å². The van der Waals surface area contributed by atoms with Crippen molar-refractivity contribution in [3.05, 3.63) is 70.9 Å². The molecule has 0 radical (unpaired) electrons. The summed E-state index contributed by atoms with van der Waals surface area (Å²) in [4.78, 5) is 12.4. The number of unbranched alkanes of at least 4 members (excludes halogenated alkanes) is 1. The first kappa shape index (κ1) is 18.6. The molecule has 0 unspecified atom stereocenters. The molecule has 1 N–H and O–H groups in total. The number of hydrogen-bond acceptors (Lipinski definition) is 3. The number of fused-ring (bicyclic) bond motifs is 1. The van der Waals surface area contributed by atoms with E-state index in [2.05, 4.69) is 17.3 Å². The molecule has 1 atom stereocenters. The molecule has 5 nitrogen and oxygen atoms in total. The molecule has 3 aromatic rings. The molecule has 6 heteroatoms. The molecule has 0 saturated carbocycles. The average Bonchev–Trinajstić information content (AvgIpc) is 3.12. The van der Waals surface area contributed by atoms with Gasteiger partial charge in [-0.3, -0.25) is 4.79 Å². The second-order valence-electron chi connectivity index (χ2n) is 6.92. The van der Waals surface area contributed by atoms with Crippen molar-refractivity contribution in [2.75, 3.05) is 11.9 Å². The fraction of sp³-hybridized carbons (Fsp3) is 0.273. The maximum absolute atomic E-state index is 12.4. The zero-order chi connectivity index (χ0) is 19.5. The van der Waals surface area contributed by atoms with Crippen LogP contribution in [0.2, 0.25) is 5.02 Å². The molecular weight excluding hydrogens is 374 g/mol. The van der Waals surface area contributed by atoms with Gasteiger partial charge in [0.05, 0.1) is 18.5 Å². The molecule has 1 amide bonds. The van der Waals surface area contributed by atoms with Crippen LogP contribution in [0.25, 0.3) is 5.69 Å². The molecular formula is C22H22ClN3O2. The smallest absolute Gasteiger partial charge is 0.226 e. The molecule has 0 spiro atoms. The van der Waals surface area contributed by atoms with E-state index in [0.717, 1.165) is 42.0 Å². The van der Waals surface area contributed by atoms with Gasteiger partial charge in [0.1, 0.15) is 11.6 Å². The average molecular weight is 396 g/mol. The Labute approximate surface area is 169 Å². The molecule has 1 aromatic heterocycles. The highest BCUT2D eigenvalue weighted by molar-refractivity contribution is 6.30. The van der Waals surface area contributed by atoms with E-state index in [0.29, 0.717) is 17.3 Å². The second-order valence-corrected chi connectivity index (χ2v) is 7.35. The van der Waals surface area contributed by atoms with E-state index in [-0.39, 0.29) is 11.8 Å². The molecule has 4 rings (SSSR count). The molecule has 28 heavy (non-hydrogen) atoms. The lowest BCUT2D eigenvalue weighted by atomic mass is 9.87. The topological polar surface area (TPSA) is 56.1 Å². The minimum absolute atomic E-state index is 0.0236. The zero-order valence-corrected chi connectivity index (χ0v) is 16.4. The van der Waals surface area contributed by atoms with Gasteiger partial charge in [-0.05, 0) is 42.3 Å². The third-order valence-electron chi connectivity index (χ3n) is 4.92. The summed E-state index contributed by atoms with van der Waals surface area (Å²) < 4.78 is 7.47. The first-order valence-corrected chi connectivity index (χ1v) is 9.90. The summed E-state index contributed by atoms with van der Waals surface area (Å²) in [6.45, 7) is 2.86. The minimum Gasteiger partial charge on any atom is -0.494 e. The molecule has 0 bridgehead atoms. The van der Waals surface area contributed by atoms with E-state index in [4.69, 9.17) is 16.3 Å². The number of carbonyl (C=O) groups excluding carboxylic acids is 1. The number of amides is 1. The van der Waals surface area contributed by atoms with Crippen molar-refractivity contribution in [1.29, 1.82) is 0 Å². The number of nitrogens with zero attached hydrogens (tertiary/aromatic N) is 2. The van der Waals surface area contributed by atoms with Crippen molar-refractivity contribution >= 4 is 23.3 Å². The number of carbonyl (C=O) groups is 1. The number of anilines is 1. The Bertz CT molecular complexity index is 982. The van der Waals surface area contributed by atoms with Crippen molar-refractivity contribution in [2.24, 2.45) is 0 Å². The van der Waals surface area contributed by atoms with Gasteiger partial charge in [0.25, 0.3) is 0 Å². The van der Waals surface area contributed by atoms with Gasteiger partial charge >= 0.3 is 0 Å². The van der Waals surface area contributed by atoms with Crippen LogP contribution in [0.3, 0.4) is 0 Å². The van der Waals surface area contributed by atoms with Crippen LogP contribution in [0.4, 0.5) is 5.82 Å². The first-order valence-electron chi connectivity index (χ1n) is 9.52. The monoisotopic (exact) mass is 395 g/mol. The number of halogens is 1. The Morgan fingerprint density at radius 1 is 1.25 bits per heavy atom. The van der Waals surface area contributed by atoms with E-state index in [9.17, 15) is 4.79 Å². The van der Waals surface area contributed by atoms with Crippen molar-refractivity contribution in [3.8, 4) is 11.4 Å². The summed E-state index contributed by atoms with van der Waals surface area (Å²) in [5, 5.41) is 8.10. The third kappa shape index (κ3) is 3.76. The largest absolute Gasteiger partial charge is 0.494 e.